The van der Waals surface area contributed by atoms with E-state index < -0.39 is 12.1 Å². The van der Waals surface area contributed by atoms with E-state index in [9.17, 15) is 14.0 Å². The standard InChI is InChI=1S/C18H27FN4O2.ClH/c1-3-4-16(17(24)23(2)15-9-10-20-12-15)22-18(25)21-11-13-5-7-14(19)8-6-13;/h5-8,15-16,20H,3-4,9-12H2,1-2H3,(H2,21,22,25);1H. The molecule has 1 aliphatic heterocycles. The lowest BCUT2D eigenvalue weighted by molar-refractivity contribution is -0.133. The van der Waals surface area contributed by atoms with E-state index in [4.69, 9.17) is 0 Å². The van der Waals surface area contributed by atoms with Crippen molar-refractivity contribution in [3.63, 3.8) is 0 Å². The van der Waals surface area contributed by atoms with Gasteiger partial charge in [-0.05, 0) is 37.1 Å². The number of nitrogens with zero attached hydrogens (tertiary/aromatic N) is 1. The molecule has 0 aromatic heterocycles. The van der Waals surface area contributed by atoms with Crippen LogP contribution in [0.1, 0.15) is 31.7 Å². The predicted octanol–water partition coefficient (Wildman–Crippen LogP) is 2.04. The third kappa shape index (κ3) is 6.46. The number of likely N-dealkylation sites (N-methyl/N-ethyl adjacent to an activating group) is 1. The van der Waals surface area contributed by atoms with Gasteiger partial charge in [0.15, 0.2) is 0 Å². The van der Waals surface area contributed by atoms with Crippen LogP contribution in [0.3, 0.4) is 0 Å². The van der Waals surface area contributed by atoms with E-state index in [2.05, 4.69) is 16.0 Å². The van der Waals surface area contributed by atoms with E-state index in [1.165, 1.54) is 12.1 Å². The van der Waals surface area contributed by atoms with E-state index in [0.717, 1.165) is 31.5 Å². The van der Waals surface area contributed by atoms with Crippen molar-refractivity contribution in [2.24, 2.45) is 0 Å². The van der Waals surface area contributed by atoms with Crippen molar-refractivity contribution in [3.8, 4) is 0 Å². The lowest BCUT2D eigenvalue weighted by Crippen LogP contribution is -2.52. The molecule has 0 radical (unpaired) electrons. The van der Waals surface area contributed by atoms with E-state index >= 15 is 0 Å². The molecule has 1 heterocycles. The summed E-state index contributed by atoms with van der Waals surface area (Å²) in [5.41, 5.74) is 0.795. The van der Waals surface area contributed by atoms with E-state index in [1.54, 1.807) is 24.1 Å². The summed E-state index contributed by atoms with van der Waals surface area (Å²) in [5.74, 6) is -0.376. The second-order valence-corrected chi connectivity index (χ2v) is 6.39. The molecule has 0 spiro atoms. The molecule has 3 amide bonds. The molecule has 2 rings (SSSR count). The second-order valence-electron chi connectivity index (χ2n) is 6.39. The van der Waals surface area contributed by atoms with E-state index in [0.29, 0.717) is 6.42 Å². The van der Waals surface area contributed by atoms with Crippen LogP contribution in [0, 0.1) is 5.82 Å². The fourth-order valence-corrected chi connectivity index (χ4v) is 2.94. The van der Waals surface area contributed by atoms with E-state index in [1.807, 2.05) is 6.92 Å². The highest BCUT2D eigenvalue weighted by Crippen LogP contribution is 2.10. The van der Waals surface area contributed by atoms with Gasteiger partial charge in [0.2, 0.25) is 5.91 Å². The van der Waals surface area contributed by atoms with Crippen LogP contribution in [-0.2, 0) is 11.3 Å². The summed E-state index contributed by atoms with van der Waals surface area (Å²) in [5, 5.41) is 8.72. The van der Waals surface area contributed by atoms with Crippen molar-refractivity contribution in [2.45, 2.75) is 44.8 Å². The summed E-state index contributed by atoms with van der Waals surface area (Å²) in [7, 11) is 1.79. The molecule has 1 fully saturated rings. The van der Waals surface area contributed by atoms with Gasteiger partial charge in [0.25, 0.3) is 0 Å². The van der Waals surface area contributed by atoms with Crippen LogP contribution in [0.4, 0.5) is 9.18 Å². The Morgan fingerprint density at radius 1 is 1.35 bits per heavy atom. The lowest BCUT2D eigenvalue weighted by atomic mass is 10.1. The number of nitrogens with one attached hydrogen (secondary N) is 3. The largest absolute Gasteiger partial charge is 0.340 e. The van der Waals surface area contributed by atoms with Crippen LogP contribution in [-0.4, -0.2) is 49.1 Å². The Balaban J connectivity index is 0.00000338. The Bertz CT molecular complexity index is 579. The van der Waals surface area contributed by atoms with Crippen molar-refractivity contribution in [1.29, 1.82) is 0 Å². The Kier molecular flexibility index (Phi) is 9.37. The molecule has 1 aromatic rings. The van der Waals surface area contributed by atoms with Gasteiger partial charge >= 0.3 is 6.03 Å². The average Bonchev–Trinajstić information content (AvgIpc) is 3.14. The van der Waals surface area contributed by atoms with Crippen LogP contribution in [0.5, 0.6) is 0 Å². The zero-order chi connectivity index (χ0) is 18.2. The van der Waals surface area contributed by atoms with Gasteiger partial charge in [-0.2, -0.15) is 0 Å². The number of halogens is 2. The summed E-state index contributed by atoms with van der Waals surface area (Å²) < 4.78 is 12.9. The molecule has 146 valence electrons. The number of carbonyl (C=O) groups excluding carboxylic acids is 2. The van der Waals surface area contributed by atoms with E-state index in [-0.39, 0.29) is 36.7 Å². The third-order valence-corrected chi connectivity index (χ3v) is 4.48. The maximum atomic E-state index is 12.9. The number of amides is 3. The molecule has 6 nitrogen and oxygen atoms in total. The first-order valence-electron chi connectivity index (χ1n) is 8.77. The number of rotatable bonds is 7. The molecule has 8 heteroatoms. The average molecular weight is 387 g/mol. The third-order valence-electron chi connectivity index (χ3n) is 4.48. The first-order valence-corrected chi connectivity index (χ1v) is 8.77. The number of hydrogen-bond acceptors (Lipinski definition) is 3. The van der Waals surface area contributed by atoms with Gasteiger partial charge in [-0.1, -0.05) is 25.5 Å². The number of hydrogen-bond donors (Lipinski definition) is 3. The normalized spacial score (nSPS) is 17.1. The Morgan fingerprint density at radius 2 is 2.04 bits per heavy atom. The monoisotopic (exact) mass is 386 g/mol. The van der Waals surface area contributed by atoms with Crippen LogP contribution >= 0.6 is 12.4 Å². The van der Waals surface area contributed by atoms with Crippen molar-refractivity contribution in [1.82, 2.24) is 20.9 Å². The molecule has 1 aliphatic rings. The van der Waals surface area contributed by atoms with Crippen LogP contribution < -0.4 is 16.0 Å². The van der Waals surface area contributed by atoms with Crippen LogP contribution in [0.25, 0.3) is 0 Å². The minimum Gasteiger partial charge on any atom is -0.340 e. The summed E-state index contributed by atoms with van der Waals surface area (Å²) in [6.07, 6.45) is 2.32. The Hall–Kier alpha value is -1.86. The molecule has 0 aliphatic carbocycles. The Morgan fingerprint density at radius 3 is 2.62 bits per heavy atom. The fraction of sp³-hybridized carbons (Fsp3) is 0.556. The van der Waals surface area contributed by atoms with Crippen LogP contribution in [0.2, 0.25) is 0 Å². The molecule has 26 heavy (non-hydrogen) atoms. The summed E-state index contributed by atoms with van der Waals surface area (Å²) >= 11 is 0. The maximum Gasteiger partial charge on any atom is 0.315 e. The predicted molar refractivity (Wildman–Crippen MR) is 102 cm³/mol. The molecular weight excluding hydrogens is 359 g/mol. The quantitative estimate of drug-likeness (QED) is 0.671. The molecule has 0 saturated carbocycles. The van der Waals surface area contributed by atoms with Gasteiger partial charge < -0.3 is 20.9 Å². The maximum absolute atomic E-state index is 12.9. The lowest BCUT2D eigenvalue weighted by Gasteiger charge is -2.28. The van der Waals surface area contributed by atoms with Gasteiger partial charge in [0.05, 0.1) is 0 Å². The zero-order valence-corrected chi connectivity index (χ0v) is 16.1. The van der Waals surface area contributed by atoms with Gasteiger partial charge in [-0.25, -0.2) is 9.18 Å². The first kappa shape index (κ1) is 22.2. The smallest absolute Gasteiger partial charge is 0.315 e. The summed E-state index contributed by atoms with van der Waals surface area (Å²) in [4.78, 5) is 26.6. The van der Waals surface area contributed by atoms with Crippen molar-refractivity contribution < 1.29 is 14.0 Å². The molecule has 2 unspecified atom stereocenters. The topological polar surface area (TPSA) is 73.5 Å². The molecule has 2 atom stereocenters. The van der Waals surface area contributed by atoms with Gasteiger partial charge in [-0.3, -0.25) is 4.79 Å². The first-order chi connectivity index (χ1) is 12.0. The van der Waals surface area contributed by atoms with Gasteiger partial charge in [0, 0.05) is 26.2 Å². The number of benzene rings is 1. The van der Waals surface area contributed by atoms with Crippen molar-refractivity contribution >= 4 is 24.3 Å². The fourth-order valence-electron chi connectivity index (χ4n) is 2.94. The van der Waals surface area contributed by atoms with Gasteiger partial charge in [0.1, 0.15) is 11.9 Å². The molecule has 1 aromatic carbocycles. The number of urea groups is 1. The highest BCUT2D eigenvalue weighted by molar-refractivity contribution is 5.87. The highest BCUT2D eigenvalue weighted by atomic mass is 35.5. The minimum absolute atomic E-state index is 0. The van der Waals surface area contributed by atoms with Crippen molar-refractivity contribution in [3.05, 3.63) is 35.6 Å². The SMILES string of the molecule is CCCC(NC(=O)NCc1ccc(F)cc1)C(=O)N(C)C1CCNC1.Cl. The summed E-state index contributed by atoms with van der Waals surface area (Å²) in [6, 6.07) is 5.18. The zero-order valence-electron chi connectivity index (χ0n) is 15.3. The number of carbonyl (C=O) groups is 2. The summed E-state index contributed by atoms with van der Waals surface area (Å²) in [6.45, 7) is 3.96. The highest BCUT2D eigenvalue weighted by Gasteiger charge is 2.29. The minimum atomic E-state index is -0.538. The van der Waals surface area contributed by atoms with Crippen LogP contribution in [0.15, 0.2) is 24.3 Å². The molecular formula is C18H28ClFN4O2. The second kappa shape index (κ2) is 11.0. The Labute approximate surface area is 160 Å². The van der Waals surface area contributed by atoms with Gasteiger partial charge in [-0.15, -0.1) is 12.4 Å². The molecule has 0 bridgehead atoms. The molecule has 3 N–H and O–H groups in total. The molecule has 1 saturated heterocycles. The van der Waals surface area contributed by atoms with Crippen molar-refractivity contribution in [2.75, 3.05) is 20.1 Å².